The predicted octanol–water partition coefficient (Wildman–Crippen LogP) is 3.78. The van der Waals surface area contributed by atoms with Gasteiger partial charge in [-0.1, -0.05) is 17.7 Å². The second kappa shape index (κ2) is 6.20. The van der Waals surface area contributed by atoms with E-state index in [0.29, 0.717) is 6.61 Å². The Morgan fingerprint density at radius 1 is 1.30 bits per heavy atom. The number of hydrogen-bond donors (Lipinski definition) is 0. The number of aryl methyl sites for hydroxylation is 1. The van der Waals surface area contributed by atoms with Gasteiger partial charge in [-0.3, -0.25) is 0 Å². The SMILES string of the molecule is COC[C@@H](C)n1c(C)nc2ccc(C3=CN(C)CC(C)=C3)cc21. The summed E-state index contributed by atoms with van der Waals surface area (Å²) in [6, 6.07) is 6.79. The van der Waals surface area contributed by atoms with Crippen molar-refractivity contribution in [2.24, 2.45) is 0 Å². The minimum Gasteiger partial charge on any atom is -0.383 e. The van der Waals surface area contributed by atoms with Crippen molar-refractivity contribution in [1.82, 2.24) is 14.5 Å². The molecule has 0 saturated heterocycles. The minimum atomic E-state index is 0.264. The average molecular weight is 311 g/mol. The van der Waals surface area contributed by atoms with Crippen LogP contribution in [0.5, 0.6) is 0 Å². The van der Waals surface area contributed by atoms with Gasteiger partial charge in [-0.15, -0.1) is 0 Å². The van der Waals surface area contributed by atoms with Gasteiger partial charge < -0.3 is 14.2 Å². The highest BCUT2D eigenvalue weighted by Gasteiger charge is 2.15. The third-order valence-electron chi connectivity index (χ3n) is 4.31. The lowest BCUT2D eigenvalue weighted by Gasteiger charge is -2.22. The van der Waals surface area contributed by atoms with Gasteiger partial charge in [-0.2, -0.15) is 0 Å². The smallest absolute Gasteiger partial charge is 0.107 e. The molecule has 0 aliphatic carbocycles. The van der Waals surface area contributed by atoms with Crippen molar-refractivity contribution in [3.63, 3.8) is 0 Å². The van der Waals surface area contributed by atoms with Crippen molar-refractivity contribution in [1.29, 1.82) is 0 Å². The summed E-state index contributed by atoms with van der Waals surface area (Å²) in [5.74, 6) is 1.03. The minimum absolute atomic E-state index is 0.264. The standard InChI is InChI=1S/C19H25N3O/c1-13-8-17(11-21(4)10-13)16-6-7-18-19(9-16)22(15(3)20-18)14(2)12-23-5/h6-9,11,14H,10,12H2,1-5H3/t14-/m1/s1. The van der Waals surface area contributed by atoms with Crippen LogP contribution in [0.3, 0.4) is 0 Å². The third-order valence-corrected chi connectivity index (χ3v) is 4.31. The molecule has 1 atom stereocenters. The molecule has 122 valence electrons. The number of nitrogens with zero attached hydrogens (tertiary/aromatic N) is 3. The van der Waals surface area contributed by atoms with E-state index in [0.717, 1.165) is 17.9 Å². The van der Waals surface area contributed by atoms with E-state index >= 15 is 0 Å². The molecule has 1 aliphatic rings. The van der Waals surface area contributed by atoms with Crippen LogP contribution in [0.15, 0.2) is 36.0 Å². The molecule has 2 aromatic rings. The molecule has 4 heteroatoms. The summed E-state index contributed by atoms with van der Waals surface area (Å²) >= 11 is 0. The molecule has 0 saturated carbocycles. The summed E-state index contributed by atoms with van der Waals surface area (Å²) < 4.78 is 7.60. The van der Waals surface area contributed by atoms with Crippen molar-refractivity contribution in [3.8, 4) is 0 Å². The molecule has 0 N–H and O–H groups in total. The molecular weight excluding hydrogens is 286 g/mol. The van der Waals surface area contributed by atoms with E-state index in [1.807, 2.05) is 0 Å². The maximum Gasteiger partial charge on any atom is 0.107 e. The fourth-order valence-electron chi connectivity index (χ4n) is 3.45. The van der Waals surface area contributed by atoms with Gasteiger partial charge in [-0.05, 0) is 44.0 Å². The number of methoxy groups -OCH3 is 1. The number of ether oxygens (including phenoxy) is 1. The van der Waals surface area contributed by atoms with E-state index in [-0.39, 0.29) is 6.04 Å². The number of likely N-dealkylation sites (N-methyl/N-ethyl adjacent to an activating group) is 1. The molecular formula is C19H25N3O. The van der Waals surface area contributed by atoms with Crippen LogP contribution in [-0.4, -0.2) is 41.8 Å². The summed E-state index contributed by atoms with van der Waals surface area (Å²) in [6.45, 7) is 8.08. The van der Waals surface area contributed by atoms with E-state index in [1.54, 1.807) is 7.11 Å². The Labute approximate surface area is 138 Å². The Bertz CT molecular complexity index is 785. The lowest BCUT2D eigenvalue weighted by Crippen LogP contribution is -2.17. The lowest BCUT2D eigenvalue weighted by atomic mass is 10.0. The molecule has 0 bridgehead atoms. The van der Waals surface area contributed by atoms with Gasteiger partial charge in [-0.25, -0.2) is 4.98 Å². The Hall–Kier alpha value is -2.07. The van der Waals surface area contributed by atoms with Gasteiger partial charge in [0, 0.05) is 26.9 Å². The van der Waals surface area contributed by atoms with E-state index in [4.69, 9.17) is 9.72 Å². The van der Waals surface area contributed by atoms with E-state index in [9.17, 15) is 0 Å². The summed E-state index contributed by atoms with van der Waals surface area (Å²) in [6.07, 6.45) is 4.48. The Morgan fingerprint density at radius 2 is 2.09 bits per heavy atom. The highest BCUT2D eigenvalue weighted by Crippen LogP contribution is 2.28. The zero-order chi connectivity index (χ0) is 16.6. The van der Waals surface area contributed by atoms with Gasteiger partial charge in [0.1, 0.15) is 5.82 Å². The number of benzene rings is 1. The maximum absolute atomic E-state index is 5.33. The molecule has 2 heterocycles. The zero-order valence-electron chi connectivity index (χ0n) is 14.6. The highest BCUT2D eigenvalue weighted by atomic mass is 16.5. The van der Waals surface area contributed by atoms with Crippen LogP contribution >= 0.6 is 0 Å². The second-order valence-electron chi connectivity index (χ2n) is 6.53. The Morgan fingerprint density at radius 3 is 2.78 bits per heavy atom. The van der Waals surface area contributed by atoms with Gasteiger partial charge in [0.25, 0.3) is 0 Å². The van der Waals surface area contributed by atoms with Gasteiger partial charge in [0.2, 0.25) is 0 Å². The van der Waals surface area contributed by atoms with Crippen molar-refractivity contribution in [2.75, 3.05) is 27.3 Å². The molecule has 0 spiro atoms. The molecule has 0 unspecified atom stereocenters. The van der Waals surface area contributed by atoms with Gasteiger partial charge >= 0.3 is 0 Å². The topological polar surface area (TPSA) is 30.3 Å². The summed E-state index contributed by atoms with van der Waals surface area (Å²) in [5, 5.41) is 0. The van der Waals surface area contributed by atoms with Crippen LogP contribution < -0.4 is 0 Å². The molecule has 1 aromatic carbocycles. The number of rotatable bonds is 4. The molecule has 0 amide bonds. The second-order valence-corrected chi connectivity index (χ2v) is 6.53. The molecule has 4 nitrogen and oxygen atoms in total. The first-order valence-electron chi connectivity index (χ1n) is 8.06. The first kappa shape index (κ1) is 15.8. The van der Waals surface area contributed by atoms with Crippen molar-refractivity contribution < 1.29 is 4.74 Å². The van der Waals surface area contributed by atoms with Crippen LogP contribution in [0.4, 0.5) is 0 Å². The molecule has 1 aromatic heterocycles. The quantitative estimate of drug-likeness (QED) is 0.860. The number of aromatic nitrogens is 2. The maximum atomic E-state index is 5.33. The van der Waals surface area contributed by atoms with Crippen LogP contribution in [0, 0.1) is 6.92 Å². The fraction of sp³-hybridized carbons (Fsp3) is 0.421. The van der Waals surface area contributed by atoms with E-state index in [1.165, 1.54) is 22.2 Å². The number of hydrogen-bond acceptors (Lipinski definition) is 3. The van der Waals surface area contributed by atoms with Crippen molar-refractivity contribution in [2.45, 2.75) is 26.8 Å². The molecule has 0 fully saturated rings. The van der Waals surface area contributed by atoms with Crippen LogP contribution in [0.2, 0.25) is 0 Å². The third kappa shape index (κ3) is 3.04. The molecule has 0 radical (unpaired) electrons. The molecule has 1 aliphatic heterocycles. The first-order chi connectivity index (χ1) is 11.0. The van der Waals surface area contributed by atoms with E-state index < -0.39 is 0 Å². The monoisotopic (exact) mass is 311 g/mol. The molecule has 23 heavy (non-hydrogen) atoms. The van der Waals surface area contributed by atoms with Gasteiger partial charge in [0.05, 0.1) is 23.7 Å². The number of allylic oxidation sites excluding steroid dienone is 2. The van der Waals surface area contributed by atoms with E-state index in [2.05, 4.69) is 67.8 Å². The zero-order valence-corrected chi connectivity index (χ0v) is 14.6. The summed E-state index contributed by atoms with van der Waals surface area (Å²) in [4.78, 5) is 6.92. The highest BCUT2D eigenvalue weighted by molar-refractivity contribution is 5.84. The largest absolute Gasteiger partial charge is 0.383 e. The average Bonchev–Trinajstić information content (AvgIpc) is 2.81. The van der Waals surface area contributed by atoms with Crippen LogP contribution in [0.25, 0.3) is 16.6 Å². The van der Waals surface area contributed by atoms with Crippen molar-refractivity contribution in [3.05, 3.63) is 47.4 Å². The predicted molar refractivity (Wildman–Crippen MR) is 95.4 cm³/mol. The Balaban J connectivity index is 2.09. The normalized spacial score (nSPS) is 16.5. The number of fused-ring (bicyclic) bond motifs is 1. The summed E-state index contributed by atoms with van der Waals surface area (Å²) in [7, 11) is 3.86. The van der Waals surface area contributed by atoms with Crippen molar-refractivity contribution >= 4 is 16.6 Å². The first-order valence-corrected chi connectivity index (χ1v) is 8.06. The van der Waals surface area contributed by atoms with Crippen LogP contribution in [0.1, 0.15) is 31.3 Å². The summed E-state index contributed by atoms with van der Waals surface area (Å²) in [5.41, 5.74) is 6.07. The lowest BCUT2D eigenvalue weighted by molar-refractivity contribution is 0.163. The van der Waals surface area contributed by atoms with Crippen LogP contribution in [-0.2, 0) is 4.74 Å². The fourth-order valence-corrected chi connectivity index (χ4v) is 3.45. The van der Waals surface area contributed by atoms with Gasteiger partial charge in [0.15, 0.2) is 0 Å². The Kier molecular flexibility index (Phi) is 4.26. The number of imidazole rings is 1. The molecule has 3 rings (SSSR count).